The van der Waals surface area contributed by atoms with Gasteiger partial charge in [-0.3, -0.25) is 0 Å². The monoisotopic (exact) mass is 186 g/mol. The minimum atomic E-state index is -0.557. The van der Waals surface area contributed by atoms with Gasteiger partial charge in [-0.25, -0.2) is 0 Å². The second-order valence-electron chi connectivity index (χ2n) is 3.96. The van der Waals surface area contributed by atoms with Gasteiger partial charge >= 0.3 is 0 Å². The highest BCUT2D eigenvalue weighted by Crippen LogP contribution is 2.30. The molecule has 0 amide bonds. The predicted molar refractivity (Wildman–Crippen MR) is 50.3 cm³/mol. The summed E-state index contributed by atoms with van der Waals surface area (Å²) in [4.78, 5) is 0. The number of hydrogen-bond acceptors (Lipinski definition) is 3. The summed E-state index contributed by atoms with van der Waals surface area (Å²) in [6.07, 6.45) is 1.75. The van der Waals surface area contributed by atoms with Crippen LogP contribution in [0.5, 0.6) is 0 Å². The lowest BCUT2D eigenvalue weighted by atomic mass is 10.1. The Hall–Kier alpha value is -0.380. The molecule has 76 valence electrons. The summed E-state index contributed by atoms with van der Waals surface area (Å²) in [5, 5.41) is 9.23. The summed E-state index contributed by atoms with van der Waals surface area (Å²) in [6, 6.07) is 0. The molecule has 0 aliphatic carbocycles. The first kappa shape index (κ1) is 10.7. The first-order valence-corrected chi connectivity index (χ1v) is 4.61. The van der Waals surface area contributed by atoms with Crippen molar-refractivity contribution in [1.82, 2.24) is 0 Å². The summed E-state index contributed by atoms with van der Waals surface area (Å²) in [6.45, 7) is 9.16. The summed E-state index contributed by atoms with van der Waals surface area (Å²) in [5.41, 5.74) is 0. The molecular weight excluding hydrogens is 168 g/mol. The van der Waals surface area contributed by atoms with Crippen molar-refractivity contribution in [1.29, 1.82) is 0 Å². The quantitative estimate of drug-likeness (QED) is 0.678. The van der Waals surface area contributed by atoms with Gasteiger partial charge in [0, 0.05) is 6.42 Å². The Labute approximate surface area is 79.3 Å². The van der Waals surface area contributed by atoms with E-state index < -0.39 is 5.79 Å². The average Bonchev–Trinajstić information content (AvgIpc) is 2.24. The molecule has 0 spiro atoms. The fourth-order valence-corrected chi connectivity index (χ4v) is 1.58. The van der Waals surface area contributed by atoms with Gasteiger partial charge < -0.3 is 14.6 Å². The van der Waals surface area contributed by atoms with E-state index in [1.807, 2.05) is 13.8 Å². The Morgan fingerprint density at radius 1 is 1.54 bits per heavy atom. The van der Waals surface area contributed by atoms with Crippen molar-refractivity contribution in [2.24, 2.45) is 0 Å². The average molecular weight is 186 g/mol. The number of hydrogen-bond donors (Lipinski definition) is 1. The Bertz CT molecular complexity index is 187. The minimum Gasteiger partial charge on any atom is -0.393 e. The zero-order chi connectivity index (χ0) is 10.1. The smallest absolute Gasteiger partial charge is 0.164 e. The molecule has 0 unspecified atom stereocenters. The van der Waals surface area contributed by atoms with Crippen LogP contribution in [-0.4, -0.2) is 29.2 Å². The summed E-state index contributed by atoms with van der Waals surface area (Å²) >= 11 is 0. The second-order valence-corrected chi connectivity index (χ2v) is 3.96. The van der Waals surface area contributed by atoms with Gasteiger partial charge in [-0.15, -0.1) is 6.58 Å². The second kappa shape index (κ2) is 3.78. The molecule has 3 heteroatoms. The molecule has 0 aromatic rings. The van der Waals surface area contributed by atoms with Crippen molar-refractivity contribution in [3.05, 3.63) is 12.7 Å². The fraction of sp³-hybridized carbons (Fsp3) is 0.800. The number of ether oxygens (including phenoxy) is 2. The summed E-state index contributed by atoms with van der Waals surface area (Å²) < 4.78 is 11.2. The molecule has 1 aliphatic heterocycles. The van der Waals surface area contributed by atoms with Crippen LogP contribution in [0, 0.1) is 0 Å². The van der Waals surface area contributed by atoms with E-state index in [0.717, 1.165) is 0 Å². The third-order valence-electron chi connectivity index (χ3n) is 2.03. The van der Waals surface area contributed by atoms with Gasteiger partial charge in [0.15, 0.2) is 5.79 Å². The normalized spacial score (nSPS) is 34.5. The molecule has 1 fully saturated rings. The molecule has 1 heterocycles. The highest BCUT2D eigenvalue weighted by molar-refractivity contribution is 4.93. The van der Waals surface area contributed by atoms with Crippen molar-refractivity contribution >= 4 is 0 Å². The molecular formula is C10H18O3. The number of aliphatic hydroxyl groups excluding tert-OH is 1. The molecule has 1 N–H and O–H groups in total. The van der Waals surface area contributed by atoms with Crippen molar-refractivity contribution in [2.45, 2.75) is 51.3 Å². The van der Waals surface area contributed by atoms with Crippen LogP contribution in [0.15, 0.2) is 12.7 Å². The van der Waals surface area contributed by atoms with Crippen molar-refractivity contribution < 1.29 is 14.6 Å². The van der Waals surface area contributed by atoms with Crippen LogP contribution in [0.1, 0.15) is 27.2 Å². The third-order valence-corrected chi connectivity index (χ3v) is 2.03. The molecule has 3 nitrogen and oxygen atoms in total. The molecule has 1 rings (SSSR count). The van der Waals surface area contributed by atoms with E-state index in [2.05, 4.69) is 6.58 Å². The Balaban J connectivity index is 2.58. The van der Waals surface area contributed by atoms with Gasteiger partial charge in [-0.2, -0.15) is 0 Å². The lowest BCUT2D eigenvalue weighted by Gasteiger charge is -2.17. The van der Waals surface area contributed by atoms with E-state index in [4.69, 9.17) is 9.47 Å². The van der Waals surface area contributed by atoms with Gasteiger partial charge in [0.1, 0.15) is 6.10 Å². The van der Waals surface area contributed by atoms with Crippen LogP contribution in [0.4, 0.5) is 0 Å². The topological polar surface area (TPSA) is 38.7 Å². The molecule has 1 aliphatic rings. The molecule has 0 saturated carbocycles. The van der Waals surface area contributed by atoms with E-state index in [1.54, 1.807) is 13.0 Å². The SMILES string of the molecule is C=C[C@@H]1OC(C)(C)O[C@@H]1C[C@H](C)O. The fourth-order valence-electron chi connectivity index (χ4n) is 1.58. The van der Waals surface area contributed by atoms with Gasteiger partial charge in [-0.05, 0) is 20.8 Å². The van der Waals surface area contributed by atoms with Crippen LogP contribution in [0.25, 0.3) is 0 Å². The molecule has 13 heavy (non-hydrogen) atoms. The maximum absolute atomic E-state index is 9.23. The van der Waals surface area contributed by atoms with Crippen LogP contribution < -0.4 is 0 Å². The van der Waals surface area contributed by atoms with Crippen molar-refractivity contribution in [2.75, 3.05) is 0 Å². The van der Waals surface area contributed by atoms with Gasteiger partial charge in [0.25, 0.3) is 0 Å². The van der Waals surface area contributed by atoms with Crippen molar-refractivity contribution in [3.8, 4) is 0 Å². The molecule has 0 bridgehead atoms. The standard InChI is InChI=1S/C10H18O3/c1-5-8-9(6-7(2)11)13-10(3,4)12-8/h5,7-9,11H,1,6H2,2-4H3/t7-,8-,9+/m0/s1. The minimum absolute atomic E-state index is 0.0764. The van der Waals surface area contributed by atoms with Crippen molar-refractivity contribution in [3.63, 3.8) is 0 Å². The summed E-state index contributed by atoms with van der Waals surface area (Å²) in [7, 11) is 0. The highest BCUT2D eigenvalue weighted by Gasteiger charge is 2.39. The van der Waals surface area contributed by atoms with Crippen LogP contribution in [0.2, 0.25) is 0 Å². The number of rotatable bonds is 3. The Kier molecular flexibility index (Phi) is 3.11. The lowest BCUT2D eigenvalue weighted by molar-refractivity contribution is -0.145. The van der Waals surface area contributed by atoms with Crippen LogP contribution >= 0.6 is 0 Å². The van der Waals surface area contributed by atoms with Crippen LogP contribution in [0.3, 0.4) is 0 Å². The molecule has 0 aromatic heterocycles. The maximum Gasteiger partial charge on any atom is 0.164 e. The van der Waals surface area contributed by atoms with Gasteiger partial charge in [0.2, 0.25) is 0 Å². The van der Waals surface area contributed by atoms with E-state index in [1.165, 1.54) is 0 Å². The maximum atomic E-state index is 9.23. The van der Waals surface area contributed by atoms with Gasteiger partial charge in [0.05, 0.1) is 12.2 Å². The lowest BCUT2D eigenvalue weighted by Crippen LogP contribution is -2.25. The zero-order valence-corrected chi connectivity index (χ0v) is 8.49. The van der Waals surface area contributed by atoms with E-state index in [-0.39, 0.29) is 18.3 Å². The number of aliphatic hydroxyl groups is 1. The van der Waals surface area contributed by atoms with Crippen LogP contribution in [-0.2, 0) is 9.47 Å². The predicted octanol–water partition coefficient (Wildman–Crippen LogP) is 1.46. The molecule has 1 saturated heterocycles. The summed E-state index contributed by atoms with van der Waals surface area (Å²) in [5.74, 6) is -0.557. The first-order valence-electron chi connectivity index (χ1n) is 4.61. The first-order chi connectivity index (χ1) is 5.94. The highest BCUT2D eigenvalue weighted by atomic mass is 16.7. The largest absolute Gasteiger partial charge is 0.393 e. The van der Waals surface area contributed by atoms with Gasteiger partial charge in [-0.1, -0.05) is 6.08 Å². The van der Waals surface area contributed by atoms with E-state index in [9.17, 15) is 5.11 Å². The zero-order valence-electron chi connectivity index (χ0n) is 8.49. The Morgan fingerprint density at radius 2 is 2.15 bits per heavy atom. The van der Waals surface area contributed by atoms with E-state index >= 15 is 0 Å². The molecule has 0 radical (unpaired) electrons. The Morgan fingerprint density at radius 3 is 2.62 bits per heavy atom. The molecule has 0 aromatic carbocycles. The third kappa shape index (κ3) is 2.79. The van der Waals surface area contributed by atoms with E-state index in [0.29, 0.717) is 6.42 Å². The molecule has 3 atom stereocenters.